The Morgan fingerprint density at radius 2 is 1.00 bits per heavy atom. The van der Waals surface area contributed by atoms with Gasteiger partial charge < -0.3 is 20.4 Å². The summed E-state index contributed by atoms with van der Waals surface area (Å²) in [6.45, 7) is 0. The molecule has 4 aromatic carbocycles. The van der Waals surface area contributed by atoms with E-state index in [1.165, 1.54) is 48.5 Å². The Morgan fingerprint density at radius 3 is 1.35 bits per heavy atom. The summed E-state index contributed by atoms with van der Waals surface area (Å²) in [5, 5.41) is 50.2. The summed E-state index contributed by atoms with van der Waals surface area (Å²) >= 11 is 22.9. The summed E-state index contributed by atoms with van der Waals surface area (Å²) in [7, 11) is 0. The van der Waals surface area contributed by atoms with E-state index in [9.17, 15) is 30.0 Å². The van der Waals surface area contributed by atoms with Crippen molar-refractivity contribution in [3.63, 3.8) is 0 Å². The molecule has 0 spiro atoms. The summed E-state index contributed by atoms with van der Waals surface area (Å²) in [5.74, 6) is -2.43. The van der Waals surface area contributed by atoms with E-state index in [0.717, 1.165) is 12.4 Å². The maximum atomic E-state index is 11.8. The Labute approximate surface area is 275 Å². The van der Waals surface area contributed by atoms with E-state index in [4.69, 9.17) is 46.4 Å². The molecule has 43 heavy (non-hydrogen) atoms. The van der Waals surface area contributed by atoms with Crippen molar-refractivity contribution in [3.8, 4) is 23.0 Å². The second kappa shape index (κ2) is 16.6. The number of para-hydroxylation sites is 2. The molecular weight excluding hydrogens is 689 g/mol. The van der Waals surface area contributed by atoms with Gasteiger partial charge in [-0.05, 0) is 59.7 Å². The zero-order valence-corrected chi connectivity index (χ0v) is 25.4. The van der Waals surface area contributed by atoms with Crippen molar-refractivity contribution in [1.29, 1.82) is 0 Å². The summed E-state index contributed by atoms with van der Waals surface area (Å²) in [6, 6.07) is 17.4. The minimum absolute atomic E-state index is 0. The first-order valence-corrected chi connectivity index (χ1v) is 13.0. The number of aromatic hydroxyl groups is 2. The number of nitrogens with one attached hydrogen (secondary N) is 2. The number of benzene rings is 4. The molecule has 0 fully saturated rings. The maximum Gasteiger partial charge on any atom is 2.00 e. The van der Waals surface area contributed by atoms with Gasteiger partial charge >= 0.3 is 16.8 Å². The van der Waals surface area contributed by atoms with Crippen LogP contribution in [0.15, 0.2) is 83.0 Å². The van der Waals surface area contributed by atoms with Crippen LogP contribution in [0.2, 0.25) is 20.1 Å². The van der Waals surface area contributed by atoms with Crippen LogP contribution in [0, 0.1) is 0 Å². The number of phenolic OH excluding ortho intramolecular Hbond substituents is 2. The summed E-state index contributed by atoms with van der Waals surface area (Å²) in [6.07, 6.45) is 2.27. The first kappa shape index (κ1) is 35.2. The predicted octanol–water partition coefficient (Wildman–Crippen LogP) is 5.07. The first-order chi connectivity index (χ1) is 20.0. The minimum atomic E-state index is -0.607. The molecule has 15 heteroatoms. The third kappa shape index (κ3) is 10.1. The third-order valence-corrected chi connectivity index (χ3v) is 6.11. The fourth-order valence-electron chi connectivity index (χ4n) is 3.12. The van der Waals surface area contributed by atoms with Gasteiger partial charge in [0.25, 0.3) is 11.8 Å². The van der Waals surface area contributed by atoms with E-state index in [1.807, 2.05) is 0 Å². The van der Waals surface area contributed by atoms with Crippen LogP contribution in [-0.2, 0) is 16.8 Å². The van der Waals surface area contributed by atoms with Crippen LogP contribution in [0.3, 0.4) is 0 Å². The van der Waals surface area contributed by atoms with Gasteiger partial charge in [-0.15, -0.1) is 0 Å². The first-order valence-electron chi connectivity index (χ1n) is 11.5. The number of hydrogen-bond donors (Lipinski definition) is 4. The van der Waals surface area contributed by atoms with Gasteiger partial charge in [-0.1, -0.05) is 82.2 Å². The molecule has 10 nitrogen and oxygen atoms in total. The van der Waals surface area contributed by atoms with E-state index in [2.05, 4.69) is 21.1 Å². The summed E-state index contributed by atoms with van der Waals surface area (Å²) in [5.41, 5.74) is 4.83. The van der Waals surface area contributed by atoms with Gasteiger partial charge in [-0.2, -0.15) is 10.2 Å². The molecule has 0 atom stereocenters. The van der Waals surface area contributed by atoms with Crippen molar-refractivity contribution in [2.75, 3.05) is 0 Å². The largest absolute Gasteiger partial charge is 2.00 e. The van der Waals surface area contributed by atoms with Crippen LogP contribution in [0.25, 0.3) is 0 Å². The van der Waals surface area contributed by atoms with Gasteiger partial charge in [0.15, 0.2) is 0 Å². The van der Waals surface area contributed by atoms with Crippen LogP contribution < -0.4 is 21.1 Å². The standard InChI is InChI=1S/2C14H10Cl2N2O3.Co/c2*15-9-5-8(13(20)11(16)6-9)7-17-18-14(21)10-3-1-2-4-12(10)19;/h2*1-7,19-20H,(H,18,21);/q;;+2/p-2/b2*17-7-;. The Hall–Kier alpha value is -3.97. The SMILES string of the molecule is O=C(N/N=C\c1cc(Cl)cc(Cl)c1[O-])c1ccccc1O.O=C(N/N=C\c1cc(Cl)cc(Cl)c1[O-])c1ccccc1O.[Co+2]. The Morgan fingerprint density at radius 1 is 0.651 bits per heavy atom. The van der Waals surface area contributed by atoms with Gasteiger partial charge in [-0.25, -0.2) is 10.9 Å². The molecule has 2 amide bonds. The van der Waals surface area contributed by atoms with Crippen molar-refractivity contribution in [1.82, 2.24) is 10.9 Å². The zero-order chi connectivity index (χ0) is 30.8. The molecule has 0 aromatic heterocycles. The molecule has 0 saturated heterocycles. The molecular formula is C28H18Cl4CoN4O6. The van der Waals surface area contributed by atoms with E-state index in [-0.39, 0.29) is 70.6 Å². The van der Waals surface area contributed by atoms with Gasteiger partial charge in [0.1, 0.15) is 11.5 Å². The minimum Gasteiger partial charge on any atom is -0.871 e. The molecule has 0 aliphatic heterocycles. The van der Waals surface area contributed by atoms with Gasteiger partial charge in [0.05, 0.1) is 23.6 Å². The Balaban J connectivity index is 0.000000293. The molecule has 4 rings (SSSR count). The number of hydrazone groups is 2. The molecule has 0 saturated carbocycles. The molecule has 0 heterocycles. The zero-order valence-electron chi connectivity index (χ0n) is 21.3. The number of phenols is 2. The Kier molecular flexibility index (Phi) is 13.6. The Bertz CT molecular complexity index is 1560. The monoisotopic (exact) mass is 705 g/mol. The van der Waals surface area contributed by atoms with E-state index in [0.29, 0.717) is 0 Å². The van der Waals surface area contributed by atoms with Crippen molar-refractivity contribution in [2.45, 2.75) is 0 Å². The normalized spacial score (nSPS) is 10.5. The molecule has 1 radical (unpaired) electrons. The third-order valence-electron chi connectivity index (χ3n) is 5.11. The molecule has 0 aliphatic carbocycles. The number of carbonyl (C=O) groups excluding carboxylic acids is 2. The number of halogens is 4. The fraction of sp³-hybridized carbons (Fsp3) is 0. The van der Waals surface area contributed by atoms with Gasteiger partial charge in [0, 0.05) is 20.1 Å². The van der Waals surface area contributed by atoms with E-state index >= 15 is 0 Å². The van der Waals surface area contributed by atoms with E-state index in [1.54, 1.807) is 24.3 Å². The fourth-order valence-corrected chi connectivity index (χ4v) is 4.14. The smallest absolute Gasteiger partial charge is 0.871 e. The molecule has 4 N–H and O–H groups in total. The number of hydrogen-bond acceptors (Lipinski definition) is 8. The maximum absolute atomic E-state index is 11.8. The molecule has 0 bridgehead atoms. The van der Waals surface area contributed by atoms with Gasteiger partial charge in [-0.3, -0.25) is 9.59 Å². The number of carbonyl (C=O) groups is 2. The second-order valence-electron chi connectivity index (χ2n) is 8.04. The number of nitrogens with zero attached hydrogens (tertiary/aromatic N) is 2. The number of rotatable bonds is 6. The summed E-state index contributed by atoms with van der Waals surface area (Å²) < 4.78 is 0. The van der Waals surface area contributed by atoms with Crippen LogP contribution in [0.5, 0.6) is 23.0 Å². The number of amides is 2. The van der Waals surface area contributed by atoms with Crippen molar-refractivity contribution in [2.24, 2.45) is 10.2 Å². The predicted molar refractivity (Wildman–Crippen MR) is 158 cm³/mol. The van der Waals surface area contributed by atoms with Crippen molar-refractivity contribution in [3.05, 3.63) is 115 Å². The van der Waals surface area contributed by atoms with Crippen LogP contribution >= 0.6 is 46.4 Å². The molecule has 0 aliphatic rings. The average molecular weight is 707 g/mol. The average Bonchev–Trinajstić information content (AvgIpc) is 2.94. The van der Waals surface area contributed by atoms with Crippen LogP contribution in [0.4, 0.5) is 0 Å². The van der Waals surface area contributed by atoms with E-state index < -0.39 is 23.3 Å². The van der Waals surface area contributed by atoms with Crippen LogP contribution in [0.1, 0.15) is 31.8 Å². The molecule has 223 valence electrons. The molecule has 4 aromatic rings. The quantitative estimate of drug-likeness (QED) is 0.161. The van der Waals surface area contributed by atoms with Gasteiger partial charge in [0.2, 0.25) is 0 Å². The summed E-state index contributed by atoms with van der Waals surface area (Å²) in [4.78, 5) is 23.5. The molecule has 0 unspecified atom stereocenters. The van der Waals surface area contributed by atoms with Crippen molar-refractivity contribution < 1.29 is 46.8 Å². The van der Waals surface area contributed by atoms with Crippen LogP contribution in [-0.4, -0.2) is 34.5 Å². The topological polar surface area (TPSA) is 169 Å². The second-order valence-corrected chi connectivity index (χ2v) is 9.73. The van der Waals surface area contributed by atoms with Crippen molar-refractivity contribution >= 4 is 70.6 Å².